The van der Waals surface area contributed by atoms with Gasteiger partial charge in [-0.15, -0.1) is 12.4 Å². The number of benzene rings is 1. The van der Waals surface area contributed by atoms with Crippen molar-refractivity contribution < 1.29 is 9.50 Å². The molecule has 0 aliphatic heterocycles. The van der Waals surface area contributed by atoms with Crippen molar-refractivity contribution in [2.75, 3.05) is 6.61 Å². The Morgan fingerprint density at radius 2 is 2.14 bits per heavy atom. The number of nitrogens with two attached hydrogens (primary N) is 1. The second-order valence-corrected chi connectivity index (χ2v) is 3.29. The lowest BCUT2D eigenvalue weighted by Crippen LogP contribution is -2.17. The topological polar surface area (TPSA) is 46.2 Å². The summed E-state index contributed by atoms with van der Waals surface area (Å²) in [5, 5.41) is 9.03. The van der Waals surface area contributed by atoms with E-state index in [-0.39, 0.29) is 29.6 Å². The molecular formula is C9H12Cl2FNO. The molecule has 80 valence electrons. The first-order chi connectivity index (χ1) is 6.07. The number of halogens is 3. The van der Waals surface area contributed by atoms with Crippen LogP contribution in [-0.4, -0.2) is 11.7 Å². The van der Waals surface area contributed by atoms with E-state index in [9.17, 15) is 4.39 Å². The van der Waals surface area contributed by atoms with E-state index in [0.29, 0.717) is 5.56 Å². The minimum atomic E-state index is -0.757. The van der Waals surface area contributed by atoms with Crippen LogP contribution in [0.4, 0.5) is 4.39 Å². The normalized spacial score (nSPS) is 12.1. The van der Waals surface area contributed by atoms with Gasteiger partial charge in [-0.2, -0.15) is 0 Å². The van der Waals surface area contributed by atoms with Crippen molar-refractivity contribution in [2.45, 2.75) is 13.0 Å². The molecule has 0 amide bonds. The highest BCUT2D eigenvalue weighted by Gasteiger charge is 2.15. The summed E-state index contributed by atoms with van der Waals surface area (Å²) in [7, 11) is 0. The Bertz CT molecular complexity index is 320. The van der Waals surface area contributed by atoms with Gasteiger partial charge >= 0.3 is 0 Å². The standard InChI is InChI=1S/C9H11ClFNO.ClH/c1-5-2-3-6(10)8(9(5)11)7(12)4-13;/h2-3,7,13H,4,12H2,1H3;1H/t7-;/m0./s1. The molecule has 0 aliphatic carbocycles. The zero-order chi connectivity index (χ0) is 10.0. The Kier molecular flexibility index (Phi) is 5.37. The summed E-state index contributed by atoms with van der Waals surface area (Å²) in [5.41, 5.74) is 6.15. The lowest BCUT2D eigenvalue weighted by Gasteiger charge is -2.12. The summed E-state index contributed by atoms with van der Waals surface area (Å²) in [6, 6.07) is 2.39. The van der Waals surface area contributed by atoms with E-state index in [0.717, 1.165) is 0 Å². The SMILES string of the molecule is Cc1ccc(Cl)c([C@@H](N)CO)c1F.Cl. The second-order valence-electron chi connectivity index (χ2n) is 2.88. The quantitative estimate of drug-likeness (QED) is 0.832. The molecule has 3 N–H and O–H groups in total. The fourth-order valence-electron chi connectivity index (χ4n) is 1.11. The second kappa shape index (κ2) is 5.51. The summed E-state index contributed by atoms with van der Waals surface area (Å²) in [5.74, 6) is -0.436. The van der Waals surface area contributed by atoms with E-state index in [1.54, 1.807) is 19.1 Å². The van der Waals surface area contributed by atoms with Crippen LogP contribution in [0, 0.1) is 12.7 Å². The van der Waals surface area contributed by atoms with Gasteiger partial charge in [0.05, 0.1) is 12.6 Å². The molecule has 0 unspecified atom stereocenters. The zero-order valence-corrected chi connectivity index (χ0v) is 9.20. The molecule has 1 atom stereocenters. The van der Waals surface area contributed by atoms with Crippen molar-refractivity contribution in [3.05, 3.63) is 34.1 Å². The van der Waals surface area contributed by atoms with Crippen LogP contribution < -0.4 is 5.73 Å². The Morgan fingerprint density at radius 3 is 2.64 bits per heavy atom. The van der Waals surface area contributed by atoms with Crippen LogP contribution in [0.25, 0.3) is 0 Å². The molecule has 0 radical (unpaired) electrons. The average Bonchev–Trinajstić information content (AvgIpc) is 2.12. The molecule has 0 saturated heterocycles. The number of hydrogen-bond donors (Lipinski definition) is 2. The van der Waals surface area contributed by atoms with Crippen LogP contribution in [0.5, 0.6) is 0 Å². The molecule has 0 spiro atoms. The maximum absolute atomic E-state index is 13.4. The van der Waals surface area contributed by atoms with Crippen LogP contribution in [-0.2, 0) is 0 Å². The highest BCUT2D eigenvalue weighted by molar-refractivity contribution is 6.31. The highest BCUT2D eigenvalue weighted by Crippen LogP contribution is 2.26. The lowest BCUT2D eigenvalue weighted by molar-refractivity contribution is 0.265. The molecule has 0 aliphatic rings. The predicted molar refractivity (Wildman–Crippen MR) is 57.4 cm³/mol. The Labute approximate surface area is 93.3 Å². The largest absolute Gasteiger partial charge is 0.394 e. The number of hydrogen-bond acceptors (Lipinski definition) is 2. The van der Waals surface area contributed by atoms with Gasteiger partial charge in [0, 0.05) is 10.6 Å². The molecule has 0 bridgehead atoms. The first kappa shape index (κ1) is 13.7. The Hall–Kier alpha value is -0.350. The third-order valence-electron chi connectivity index (χ3n) is 1.89. The molecule has 1 aromatic carbocycles. The van der Waals surface area contributed by atoms with Gasteiger partial charge < -0.3 is 10.8 Å². The number of aliphatic hydroxyl groups excluding tert-OH is 1. The van der Waals surface area contributed by atoms with Crippen molar-refractivity contribution >= 4 is 24.0 Å². The van der Waals surface area contributed by atoms with Crippen LogP contribution in [0.1, 0.15) is 17.2 Å². The summed E-state index contributed by atoms with van der Waals surface area (Å²) < 4.78 is 13.4. The first-order valence-corrected chi connectivity index (χ1v) is 4.26. The van der Waals surface area contributed by atoms with Gasteiger partial charge in [-0.1, -0.05) is 17.7 Å². The van der Waals surface area contributed by atoms with E-state index in [2.05, 4.69) is 0 Å². The predicted octanol–water partition coefficient (Wildman–Crippen LogP) is 2.20. The fourth-order valence-corrected chi connectivity index (χ4v) is 1.40. The molecule has 14 heavy (non-hydrogen) atoms. The Balaban J connectivity index is 0.00000169. The number of aliphatic hydroxyl groups is 1. The summed E-state index contributed by atoms with van der Waals surface area (Å²) >= 11 is 5.74. The van der Waals surface area contributed by atoms with Gasteiger partial charge in [0.1, 0.15) is 5.82 Å². The molecule has 5 heteroatoms. The maximum atomic E-state index is 13.4. The molecule has 0 saturated carbocycles. The van der Waals surface area contributed by atoms with Gasteiger partial charge in [-0.3, -0.25) is 0 Å². The fraction of sp³-hybridized carbons (Fsp3) is 0.333. The third kappa shape index (κ3) is 2.58. The molecule has 0 fully saturated rings. The highest BCUT2D eigenvalue weighted by atomic mass is 35.5. The molecule has 1 aromatic rings. The minimum absolute atomic E-state index is 0. The van der Waals surface area contributed by atoms with Crippen molar-refractivity contribution in [3.63, 3.8) is 0 Å². The maximum Gasteiger partial charge on any atom is 0.132 e. The molecule has 1 rings (SSSR count). The minimum Gasteiger partial charge on any atom is -0.394 e. The monoisotopic (exact) mass is 239 g/mol. The van der Waals surface area contributed by atoms with E-state index in [4.69, 9.17) is 22.4 Å². The zero-order valence-electron chi connectivity index (χ0n) is 7.63. The van der Waals surface area contributed by atoms with Crippen molar-refractivity contribution in [3.8, 4) is 0 Å². The van der Waals surface area contributed by atoms with E-state index in [1.807, 2.05) is 0 Å². The molecule has 0 aromatic heterocycles. The molecule has 0 heterocycles. The van der Waals surface area contributed by atoms with Crippen LogP contribution >= 0.6 is 24.0 Å². The number of aryl methyl sites for hydroxylation is 1. The van der Waals surface area contributed by atoms with Crippen LogP contribution in [0.2, 0.25) is 5.02 Å². The van der Waals surface area contributed by atoms with Gasteiger partial charge in [0.2, 0.25) is 0 Å². The lowest BCUT2D eigenvalue weighted by atomic mass is 10.0. The van der Waals surface area contributed by atoms with Crippen LogP contribution in [0.3, 0.4) is 0 Å². The molecule has 2 nitrogen and oxygen atoms in total. The van der Waals surface area contributed by atoms with E-state index in [1.165, 1.54) is 0 Å². The van der Waals surface area contributed by atoms with Crippen molar-refractivity contribution in [1.82, 2.24) is 0 Å². The number of rotatable bonds is 2. The van der Waals surface area contributed by atoms with Gasteiger partial charge in [-0.25, -0.2) is 4.39 Å². The summed E-state index contributed by atoms with van der Waals surface area (Å²) in [4.78, 5) is 0. The van der Waals surface area contributed by atoms with Gasteiger partial charge in [0.25, 0.3) is 0 Å². The van der Waals surface area contributed by atoms with Crippen molar-refractivity contribution in [2.24, 2.45) is 5.73 Å². The van der Waals surface area contributed by atoms with E-state index >= 15 is 0 Å². The van der Waals surface area contributed by atoms with Crippen molar-refractivity contribution in [1.29, 1.82) is 0 Å². The first-order valence-electron chi connectivity index (χ1n) is 3.89. The summed E-state index contributed by atoms with van der Waals surface area (Å²) in [6.07, 6.45) is 0. The average molecular weight is 240 g/mol. The van der Waals surface area contributed by atoms with E-state index < -0.39 is 11.9 Å². The smallest absolute Gasteiger partial charge is 0.132 e. The van der Waals surface area contributed by atoms with Gasteiger partial charge in [-0.05, 0) is 18.6 Å². The van der Waals surface area contributed by atoms with Gasteiger partial charge in [0.15, 0.2) is 0 Å². The Morgan fingerprint density at radius 1 is 1.57 bits per heavy atom. The third-order valence-corrected chi connectivity index (χ3v) is 2.22. The van der Waals surface area contributed by atoms with Crippen LogP contribution in [0.15, 0.2) is 12.1 Å². The summed E-state index contributed by atoms with van der Waals surface area (Å²) in [6.45, 7) is 1.30. The molecular weight excluding hydrogens is 228 g/mol.